The van der Waals surface area contributed by atoms with Gasteiger partial charge in [-0.05, 0) is 31.5 Å². The Morgan fingerprint density at radius 2 is 2.14 bits per heavy atom. The van der Waals surface area contributed by atoms with E-state index in [4.69, 9.17) is 19.2 Å². The molecule has 3 aromatic heterocycles. The van der Waals surface area contributed by atoms with Crippen LogP contribution in [0.2, 0.25) is 0 Å². The number of aromatic nitrogens is 4. The van der Waals surface area contributed by atoms with Gasteiger partial charge < -0.3 is 23.9 Å². The highest BCUT2D eigenvalue weighted by Crippen LogP contribution is 2.46. The molecule has 5 rings (SSSR count). The minimum atomic E-state index is -1.31. The Kier molecular flexibility index (Phi) is 5.76. The summed E-state index contributed by atoms with van der Waals surface area (Å²) < 4.78 is 33.1. The normalized spacial score (nSPS) is 20.4. The van der Waals surface area contributed by atoms with Gasteiger partial charge in [0, 0.05) is 46.8 Å². The molecule has 4 heterocycles. The number of H-pyrrole nitrogens is 1. The molecule has 0 saturated carbocycles. The van der Waals surface area contributed by atoms with E-state index in [2.05, 4.69) is 24.0 Å². The standard InChI is InChI=1S/C26H29FN4O5/c1-25(2,13-34-4)22-20(15-10-26(3,24(32)33)36-12-15)21-18(8-14-11-28-30-23(14)29-21)31(22)16-6-7-17(27)19(9-16)35-5/h6-9,11,15H,10,12-13H2,1-5H3,(H,32,33)(H,28,29,30)/t15-,26+/m1/s1. The van der Waals surface area contributed by atoms with Gasteiger partial charge >= 0.3 is 5.97 Å². The third-order valence-electron chi connectivity index (χ3n) is 7.02. The number of hydrogen-bond acceptors (Lipinski definition) is 6. The zero-order chi connectivity index (χ0) is 25.8. The fourth-order valence-corrected chi connectivity index (χ4v) is 5.34. The highest BCUT2D eigenvalue weighted by Gasteiger charge is 2.46. The summed E-state index contributed by atoms with van der Waals surface area (Å²) in [7, 11) is 3.07. The van der Waals surface area contributed by atoms with Crippen LogP contribution in [0.1, 0.15) is 44.4 Å². The summed E-state index contributed by atoms with van der Waals surface area (Å²) in [4.78, 5) is 16.9. The average Bonchev–Trinajstić information content (AvgIpc) is 3.53. The molecule has 0 aliphatic carbocycles. The first-order valence-corrected chi connectivity index (χ1v) is 11.7. The third kappa shape index (κ3) is 3.72. The molecule has 190 valence electrons. The van der Waals surface area contributed by atoms with Crippen molar-refractivity contribution < 1.29 is 28.5 Å². The van der Waals surface area contributed by atoms with Crippen molar-refractivity contribution in [3.8, 4) is 11.4 Å². The Hall–Kier alpha value is -3.50. The molecule has 1 fully saturated rings. The average molecular weight is 497 g/mol. The molecule has 36 heavy (non-hydrogen) atoms. The Labute approximate surface area is 207 Å². The number of carboxylic acids is 1. The lowest BCUT2D eigenvalue weighted by atomic mass is 9.81. The van der Waals surface area contributed by atoms with Gasteiger partial charge in [-0.15, -0.1) is 0 Å². The van der Waals surface area contributed by atoms with Crippen LogP contribution >= 0.6 is 0 Å². The summed E-state index contributed by atoms with van der Waals surface area (Å²) in [5.41, 5.74) is 2.75. The number of fused-ring (bicyclic) bond motifs is 2. The van der Waals surface area contributed by atoms with Crippen LogP contribution in [0.4, 0.5) is 4.39 Å². The number of carbonyl (C=O) groups is 1. The number of aromatic amines is 1. The predicted molar refractivity (Wildman–Crippen MR) is 131 cm³/mol. The zero-order valence-electron chi connectivity index (χ0n) is 20.9. The second-order valence-electron chi connectivity index (χ2n) is 10.1. The molecule has 2 N–H and O–H groups in total. The third-order valence-corrected chi connectivity index (χ3v) is 7.02. The molecule has 0 unspecified atom stereocenters. The summed E-state index contributed by atoms with van der Waals surface area (Å²) in [6, 6.07) is 6.70. The number of halogens is 1. The number of methoxy groups -OCH3 is 2. The maximum Gasteiger partial charge on any atom is 0.335 e. The lowest BCUT2D eigenvalue weighted by Gasteiger charge is -2.29. The van der Waals surface area contributed by atoms with E-state index in [0.717, 1.165) is 22.2 Å². The first-order valence-electron chi connectivity index (χ1n) is 11.7. The molecule has 2 atom stereocenters. The van der Waals surface area contributed by atoms with Crippen molar-refractivity contribution in [2.45, 2.75) is 44.1 Å². The van der Waals surface area contributed by atoms with Crippen LogP contribution in [0.15, 0.2) is 30.5 Å². The summed E-state index contributed by atoms with van der Waals surface area (Å²) in [5.74, 6) is -1.59. The SMILES string of the molecule is COCC(C)(C)c1c([C@H]2CO[C@](C)(C(=O)O)C2)c2nc3[nH]ncc3cc2n1-c1ccc(F)c(OC)c1. The van der Waals surface area contributed by atoms with E-state index >= 15 is 0 Å². The summed E-state index contributed by atoms with van der Waals surface area (Å²) in [6.07, 6.45) is 1.98. The molecule has 10 heteroatoms. The Morgan fingerprint density at radius 3 is 2.81 bits per heavy atom. The lowest BCUT2D eigenvalue weighted by Crippen LogP contribution is -2.34. The lowest BCUT2D eigenvalue weighted by molar-refractivity contribution is -0.157. The molecule has 0 amide bonds. The van der Waals surface area contributed by atoms with Crippen molar-refractivity contribution in [3.05, 3.63) is 47.5 Å². The largest absolute Gasteiger partial charge is 0.494 e. The summed E-state index contributed by atoms with van der Waals surface area (Å²) in [5, 5.41) is 17.7. The van der Waals surface area contributed by atoms with Crippen molar-refractivity contribution in [2.75, 3.05) is 27.4 Å². The molecule has 1 aliphatic heterocycles. The van der Waals surface area contributed by atoms with Crippen molar-refractivity contribution in [1.82, 2.24) is 19.7 Å². The Balaban J connectivity index is 1.88. The van der Waals surface area contributed by atoms with Crippen molar-refractivity contribution in [3.63, 3.8) is 0 Å². The van der Waals surface area contributed by atoms with Crippen LogP contribution in [0.5, 0.6) is 5.75 Å². The fourth-order valence-electron chi connectivity index (χ4n) is 5.34. The van der Waals surface area contributed by atoms with Crippen LogP contribution in [-0.4, -0.2) is 63.9 Å². The maximum atomic E-state index is 14.4. The first kappa shape index (κ1) is 24.2. The van der Waals surface area contributed by atoms with Crippen LogP contribution in [0.25, 0.3) is 27.8 Å². The van der Waals surface area contributed by atoms with E-state index in [9.17, 15) is 14.3 Å². The van der Waals surface area contributed by atoms with Crippen molar-refractivity contribution in [2.24, 2.45) is 0 Å². The second kappa shape index (κ2) is 8.56. The van der Waals surface area contributed by atoms with E-state index in [1.807, 2.05) is 10.6 Å². The zero-order valence-corrected chi connectivity index (χ0v) is 20.9. The van der Waals surface area contributed by atoms with Gasteiger partial charge in [0.2, 0.25) is 0 Å². The summed E-state index contributed by atoms with van der Waals surface area (Å²) >= 11 is 0. The smallest absolute Gasteiger partial charge is 0.335 e. The number of carboxylic acid groups (broad SMARTS) is 1. The van der Waals surface area contributed by atoms with E-state index in [1.54, 1.807) is 32.4 Å². The number of nitrogens with one attached hydrogen (secondary N) is 1. The van der Waals surface area contributed by atoms with E-state index in [0.29, 0.717) is 23.5 Å². The van der Waals surface area contributed by atoms with Gasteiger partial charge in [-0.25, -0.2) is 14.2 Å². The molecule has 0 bridgehead atoms. The van der Waals surface area contributed by atoms with Crippen molar-refractivity contribution in [1.29, 1.82) is 0 Å². The van der Waals surface area contributed by atoms with E-state index in [-0.39, 0.29) is 24.7 Å². The predicted octanol–water partition coefficient (Wildman–Crippen LogP) is 4.32. The number of pyridine rings is 1. The number of ether oxygens (including phenoxy) is 3. The van der Waals surface area contributed by atoms with Gasteiger partial charge in [-0.2, -0.15) is 5.10 Å². The molecular formula is C26H29FN4O5. The Morgan fingerprint density at radius 1 is 1.36 bits per heavy atom. The van der Waals surface area contributed by atoms with E-state index in [1.165, 1.54) is 13.2 Å². The number of nitrogens with zero attached hydrogens (tertiary/aromatic N) is 3. The molecule has 9 nitrogen and oxygen atoms in total. The highest BCUT2D eigenvalue weighted by atomic mass is 19.1. The first-order chi connectivity index (χ1) is 17.1. The molecule has 0 radical (unpaired) electrons. The second-order valence-corrected chi connectivity index (χ2v) is 10.1. The minimum absolute atomic E-state index is 0.117. The topological polar surface area (TPSA) is 111 Å². The molecule has 0 spiro atoms. The maximum absolute atomic E-state index is 14.4. The molecule has 1 aromatic carbocycles. The van der Waals surface area contributed by atoms with Gasteiger partial charge in [0.1, 0.15) is 0 Å². The van der Waals surface area contributed by atoms with E-state index < -0.39 is 22.8 Å². The van der Waals surface area contributed by atoms with Gasteiger partial charge in [0.25, 0.3) is 0 Å². The quantitative estimate of drug-likeness (QED) is 0.392. The van der Waals surface area contributed by atoms with Crippen LogP contribution in [0.3, 0.4) is 0 Å². The minimum Gasteiger partial charge on any atom is -0.494 e. The number of benzene rings is 1. The van der Waals surface area contributed by atoms with Gasteiger partial charge in [0.15, 0.2) is 22.8 Å². The van der Waals surface area contributed by atoms with Gasteiger partial charge in [-0.1, -0.05) is 13.8 Å². The van der Waals surface area contributed by atoms with Crippen LogP contribution in [0, 0.1) is 5.82 Å². The fraction of sp³-hybridized carbons (Fsp3) is 0.423. The molecule has 1 aliphatic rings. The highest BCUT2D eigenvalue weighted by molar-refractivity contribution is 5.94. The van der Waals surface area contributed by atoms with Gasteiger partial charge in [-0.3, -0.25) is 5.10 Å². The number of rotatable bonds is 7. The summed E-state index contributed by atoms with van der Waals surface area (Å²) in [6.45, 7) is 6.33. The monoisotopic (exact) mass is 496 g/mol. The number of hydrogen-bond donors (Lipinski definition) is 2. The molecular weight excluding hydrogens is 467 g/mol. The molecule has 1 saturated heterocycles. The number of aliphatic carboxylic acids is 1. The molecule has 4 aromatic rings. The van der Waals surface area contributed by atoms with Gasteiger partial charge in [0.05, 0.1) is 37.6 Å². The van der Waals surface area contributed by atoms with Crippen LogP contribution < -0.4 is 4.74 Å². The Bertz CT molecular complexity index is 1480. The van der Waals surface area contributed by atoms with Crippen molar-refractivity contribution >= 4 is 28.0 Å². The van der Waals surface area contributed by atoms with Crippen LogP contribution in [-0.2, 0) is 19.7 Å².